The molecule has 1 aromatic carbocycles. The molecular formula is C14H15F3N2OS. The lowest BCUT2D eigenvalue weighted by molar-refractivity contribution is -0.125. The predicted octanol–water partition coefficient (Wildman–Crippen LogP) is 4.02. The number of nitrogens with zero attached hydrogens (tertiary/aromatic N) is 2. The average molecular weight is 316 g/mol. The van der Waals surface area contributed by atoms with Gasteiger partial charge in [-0.25, -0.2) is 4.98 Å². The van der Waals surface area contributed by atoms with Crippen LogP contribution in [0.25, 0.3) is 10.9 Å². The molecule has 3 nitrogen and oxygen atoms in total. The van der Waals surface area contributed by atoms with E-state index in [9.17, 15) is 18.0 Å². The summed E-state index contributed by atoms with van der Waals surface area (Å²) in [6.45, 7) is 4.57. The summed E-state index contributed by atoms with van der Waals surface area (Å²) < 4.78 is 39.6. The number of thioether (sulfide) groups is 1. The van der Waals surface area contributed by atoms with Gasteiger partial charge in [-0.2, -0.15) is 13.2 Å². The molecule has 1 heterocycles. The number of aromatic nitrogens is 2. The quantitative estimate of drug-likeness (QED) is 0.633. The first kappa shape index (κ1) is 15.9. The Bertz CT molecular complexity index is 709. The molecule has 0 saturated carbocycles. The highest BCUT2D eigenvalue weighted by atomic mass is 32.2. The fraction of sp³-hybridized carbons (Fsp3) is 0.429. The van der Waals surface area contributed by atoms with Crippen molar-refractivity contribution in [2.24, 2.45) is 0 Å². The van der Waals surface area contributed by atoms with Gasteiger partial charge in [0.1, 0.15) is 5.25 Å². The topological polar surface area (TPSA) is 34.9 Å². The number of alkyl halides is 3. The van der Waals surface area contributed by atoms with Gasteiger partial charge in [-0.15, -0.1) is 0 Å². The van der Waals surface area contributed by atoms with Crippen molar-refractivity contribution in [3.05, 3.63) is 34.6 Å². The monoisotopic (exact) mass is 316 g/mol. The molecule has 0 N–H and O–H groups in total. The van der Waals surface area contributed by atoms with Crippen LogP contribution in [0.15, 0.2) is 34.2 Å². The lowest BCUT2D eigenvalue weighted by Crippen LogP contribution is -2.28. The van der Waals surface area contributed by atoms with Crippen LogP contribution in [0.3, 0.4) is 0 Å². The van der Waals surface area contributed by atoms with E-state index in [1.165, 1.54) is 4.57 Å². The van der Waals surface area contributed by atoms with Gasteiger partial charge in [-0.05, 0) is 32.9 Å². The highest BCUT2D eigenvalue weighted by Gasteiger charge is 2.37. The zero-order valence-corrected chi connectivity index (χ0v) is 12.6. The lowest BCUT2D eigenvalue weighted by atomic mass is 10.2. The van der Waals surface area contributed by atoms with Crippen LogP contribution in [0.4, 0.5) is 13.2 Å². The van der Waals surface area contributed by atoms with Crippen molar-refractivity contribution >= 4 is 22.7 Å². The minimum Gasteiger partial charge on any atom is -0.285 e. The van der Waals surface area contributed by atoms with Gasteiger partial charge < -0.3 is 0 Å². The molecule has 0 aliphatic heterocycles. The summed E-state index contributed by atoms with van der Waals surface area (Å²) >= 11 is 0.561. The van der Waals surface area contributed by atoms with Crippen LogP contribution in [0.2, 0.25) is 0 Å². The largest absolute Gasteiger partial charge is 0.400 e. The maximum Gasteiger partial charge on any atom is 0.400 e. The molecule has 21 heavy (non-hydrogen) atoms. The van der Waals surface area contributed by atoms with E-state index in [-0.39, 0.29) is 16.8 Å². The Morgan fingerprint density at radius 2 is 1.81 bits per heavy atom. The van der Waals surface area contributed by atoms with Crippen LogP contribution in [0, 0.1) is 0 Å². The number of halogens is 3. The summed E-state index contributed by atoms with van der Waals surface area (Å²) in [5.74, 6) is 0. The van der Waals surface area contributed by atoms with Gasteiger partial charge in [0, 0.05) is 6.04 Å². The normalized spacial score (nSPS) is 13.9. The van der Waals surface area contributed by atoms with Crippen molar-refractivity contribution in [1.29, 1.82) is 0 Å². The fourth-order valence-corrected chi connectivity index (χ4v) is 2.90. The van der Waals surface area contributed by atoms with E-state index in [4.69, 9.17) is 0 Å². The van der Waals surface area contributed by atoms with E-state index < -0.39 is 11.4 Å². The number of hydrogen-bond donors (Lipinski definition) is 0. The second-order valence-corrected chi connectivity index (χ2v) is 6.29. The van der Waals surface area contributed by atoms with Crippen LogP contribution >= 0.6 is 11.8 Å². The van der Waals surface area contributed by atoms with Crippen molar-refractivity contribution in [1.82, 2.24) is 9.55 Å². The molecule has 0 unspecified atom stereocenters. The Kier molecular flexibility index (Phi) is 4.32. The first-order valence-electron chi connectivity index (χ1n) is 6.46. The summed E-state index contributed by atoms with van der Waals surface area (Å²) in [6, 6.07) is 6.41. The summed E-state index contributed by atoms with van der Waals surface area (Å²) in [6.07, 6.45) is -4.34. The molecule has 1 aromatic heterocycles. The third-order valence-corrected chi connectivity index (χ3v) is 4.15. The van der Waals surface area contributed by atoms with Gasteiger partial charge in [-0.3, -0.25) is 9.36 Å². The Balaban J connectivity index is 2.62. The Labute approximate surface area is 124 Å². The smallest absolute Gasteiger partial charge is 0.285 e. The number of para-hydroxylation sites is 1. The first-order chi connectivity index (χ1) is 9.71. The van der Waals surface area contributed by atoms with Crippen molar-refractivity contribution in [3.8, 4) is 0 Å². The minimum absolute atomic E-state index is 0.0959. The maximum atomic E-state index is 12.7. The maximum absolute atomic E-state index is 12.7. The second-order valence-electron chi connectivity index (χ2n) is 4.98. The third-order valence-electron chi connectivity index (χ3n) is 3.03. The number of rotatable bonds is 3. The molecule has 0 spiro atoms. The van der Waals surface area contributed by atoms with Gasteiger partial charge in [0.15, 0.2) is 5.16 Å². The van der Waals surface area contributed by atoms with Crippen molar-refractivity contribution < 1.29 is 13.2 Å². The molecule has 1 atom stereocenters. The van der Waals surface area contributed by atoms with Crippen molar-refractivity contribution in [3.63, 3.8) is 0 Å². The van der Waals surface area contributed by atoms with Gasteiger partial charge in [0.25, 0.3) is 5.56 Å². The fourth-order valence-electron chi connectivity index (χ4n) is 1.89. The third kappa shape index (κ3) is 3.23. The second kappa shape index (κ2) is 5.71. The standard InChI is InChI=1S/C14H15F3N2OS/c1-8(2)19-12(20)10-6-4-5-7-11(10)18-13(19)21-9(3)14(15,16)17/h4-9H,1-3H3/t9-/m0/s1. The minimum atomic E-state index is -4.34. The molecule has 0 bridgehead atoms. The first-order valence-corrected chi connectivity index (χ1v) is 7.34. The molecule has 7 heteroatoms. The molecule has 0 aliphatic carbocycles. The Morgan fingerprint density at radius 1 is 1.19 bits per heavy atom. The predicted molar refractivity (Wildman–Crippen MR) is 77.8 cm³/mol. The molecule has 114 valence electrons. The van der Waals surface area contributed by atoms with Gasteiger partial charge in [0.2, 0.25) is 0 Å². The summed E-state index contributed by atoms with van der Waals surface area (Å²) in [5.41, 5.74) is 0.101. The molecule has 2 rings (SSSR count). The number of hydrogen-bond acceptors (Lipinski definition) is 3. The highest BCUT2D eigenvalue weighted by molar-refractivity contribution is 7.99. The van der Waals surface area contributed by atoms with Gasteiger partial charge >= 0.3 is 6.18 Å². The van der Waals surface area contributed by atoms with Gasteiger partial charge in [0.05, 0.1) is 10.9 Å². The zero-order valence-electron chi connectivity index (χ0n) is 11.8. The molecule has 0 aliphatic rings. The lowest BCUT2D eigenvalue weighted by Gasteiger charge is -2.20. The van der Waals surface area contributed by atoms with Crippen molar-refractivity contribution in [2.45, 2.75) is 43.4 Å². The van der Waals surface area contributed by atoms with E-state index in [1.54, 1.807) is 38.1 Å². The van der Waals surface area contributed by atoms with Crippen LogP contribution < -0.4 is 5.56 Å². The Hall–Kier alpha value is -1.50. The zero-order chi connectivity index (χ0) is 15.8. The summed E-state index contributed by atoms with van der Waals surface area (Å²) in [7, 11) is 0. The van der Waals surface area contributed by atoms with Crippen LogP contribution in [-0.2, 0) is 0 Å². The van der Waals surface area contributed by atoms with E-state index in [0.29, 0.717) is 22.7 Å². The van der Waals surface area contributed by atoms with E-state index in [2.05, 4.69) is 4.98 Å². The summed E-state index contributed by atoms with van der Waals surface area (Å²) in [5, 5.41) is -1.12. The molecule has 0 saturated heterocycles. The van der Waals surface area contributed by atoms with E-state index >= 15 is 0 Å². The molecule has 2 aromatic rings. The average Bonchev–Trinajstić information content (AvgIpc) is 2.37. The summed E-state index contributed by atoms with van der Waals surface area (Å²) in [4.78, 5) is 16.7. The molecule has 0 radical (unpaired) electrons. The number of fused-ring (bicyclic) bond motifs is 1. The van der Waals surface area contributed by atoms with Crippen LogP contribution in [-0.4, -0.2) is 21.0 Å². The van der Waals surface area contributed by atoms with Crippen molar-refractivity contribution in [2.75, 3.05) is 0 Å². The molecule has 0 fully saturated rings. The van der Waals surface area contributed by atoms with Crippen LogP contribution in [0.5, 0.6) is 0 Å². The SMILES string of the molecule is CC(C)n1c(S[C@@H](C)C(F)(F)F)nc2ccccc2c1=O. The van der Waals surface area contributed by atoms with E-state index in [0.717, 1.165) is 6.92 Å². The van der Waals surface area contributed by atoms with E-state index in [1.807, 2.05) is 0 Å². The highest BCUT2D eigenvalue weighted by Crippen LogP contribution is 2.34. The Morgan fingerprint density at radius 3 is 2.38 bits per heavy atom. The molecular weight excluding hydrogens is 301 g/mol. The number of benzene rings is 1. The molecule has 0 amide bonds. The van der Waals surface area contributed by atoms with Crippen LogP contribution in [0.1, 0.15) is 26.8 Å². The van der Waals surface area contributed by atoms with Gasteiger partial charge in [-0.1, -0.05) is 23.9 Å².